The van der Waals surface area contributed by atoms with E-state index in [0.717, 1.165) is 32.5 Å². The molecule has 1 amide bonds. The number of rotatable bonds is 4. The summed E-state index contributed by atoms with van der Waals surface area (Å²) >= 11 is 0. The summed E-state index contributed by atoms with van der Waals surface area (Å²) in [7, 11) is 0. The Kier molecular flexibility index (Phi) is 9.90. The van der Waals surface area contributed by atoms with E-state index in [4.69, 9.17) is 4.74 Å². The Hall–Kier alpha value is -0.850. The number of halogens is 2. The predicted octanol–water partition coefficient (Wildman–Crippen LogP) is 2.55. The molecule has 1 unspecified atom stereocenters. The normalized spacial score (nSPS) is 25.5. The molecule has 2 fully saturated rings. The summed E-state index contributed by atoms with van der Waals surface area (Å²) in [6.45, 7) is 7.69. The number of ether oxygens (including phenoxy) is 1. The second-order valence-electron chi connectivity index (χ2n) is 6.91. The molecule has 0 bridgehead atoms. The van der Waals surface area contributed by atoms with Gasteiger partial charge in [-0.25, -0.2) is 0 Å². The highest BCUT2D eigenvalue weighted by Crippen LogP contribution is 2.24. The number of nitrogens with one attached hydrogen (secondary N) is 2. The maximum atomic E-state index is 12.4. The lowest BCUT2D eigenvalue weighted by Gasteiger charge is -2.37. The molecule has 0 spiro atoms. The topological polar surface area (TPSA) is 53.6 Å². The van der Waals surface area contributed by atoms with Gasteiger partial charge in [-0.3, -0.25) is 9.69 Å². The van der Waals surface area contributed by atoms with Crippen molar-refractivity contribution in [2.75, 3.05) is 26.2 Å². The van der Waals surface area contributed by atoms with Gasteiger partial charge in [0, 0.05) is 31.7 Å². The maximum Gasteiger partial charge on any atom is 0.240 e. The van der Waals surface area contributed by atoms with Crippen molar-refractivity contribution >= 4 is 30.7 Å². The molecule has 2 saturated heterocycles. The molecule has 7 heteroatoms. The zero-order valence-electron chi connectivity index (χ0n) is 15.5. The van der Waals surface area contributed by atoms with Gasteiger partial charge in [-0.1, -0.05) is 30.3 Å². The van der Waals surface area contributed by atoms with Crippen molar-refractivity contribution in [3.8, 4) is 0 Å². The van der Waals surface area contributed by atoms with Gasteiger partial charge in [0.25, 0.3) is 0 Å². The van der Waals surface area contributed by atoms with Crippen LogP contribution in [0.4, 0.5) is 0 Å². The van der Waals surface area contributed by atoms with E-state index in [0.29, 0.717) is 12.6 Å². The largest absolute Gasteiger partial charge is 0.375 e. The average Bonchev–Trinajstić information content (AvgIpc) is 2.63. The van der Waals surface area contributed by atoms with Crippen molar-refractivity contribution in [2.24, 2.45) is 0 Å². The zero-order chi connectivity index (χ0) is 16.9. The first-order chi connectivity index (χ1) is 11.6. The third-order valence-corrected chi connectivity index (χ3v) is 5.30. The van der Waals surface area contributed by atoms with Gasteiger partial charge in [0.05, 0.1) is 12.7 Å². The van der Waals surface area contributed by atoms with E-state index in [1.165, 1.54) is 5.56 Å². The van der Waals surface area contributed by atoms with Crippen LogP contribution in [0.2, 0.25) is 0 Å². The molecule has 26 heavy (non-hydrogen) atoms. The van der Waals surface area contributed by atoms with E-state index >= 15 is 0 Å². The van der Waals surface area contributed by atoms with E-state index in [1.54, 1.807) is 0 Å². The number of hydrogen-bond donors (Lipinski definition) is 2. The molecule has 2 aliphatic heterocycles. The van der Waals surface area contributed by atoms with E-state index < -0.39 is 0 Å². The lowest BCUT2D eigenvalue weighted by molar-refractivity contribution is -0.130. The van der Waals surface area contributed by atoms with Gasteiger partial charge in [-0.15, -0.1) is 24.8 Å². The lowest BCUT2D eigenvalue weighted by atomic mass is 9.99. The lowest BCUT2D eigenvalue weighted by Crippen LogP contribution is -2.58. The van der Waals surface area contributed by atoms with Gasteiger partial charge in [0.1, 0.15) is 6.04 Å². The fourth-order valence-corrected chi connectivity index (χ4v) is 3.69. The summed E-state index contributed by atoms with van der Waals surface area (Å²) in [4.78, 5) is 14.9. The minimum atomic E-state index is -0.222. The molecule has 0 aliphatic carbocycles. The summed E-state index contributed by atoms with van der Waals surface area (Å²) < 4.78 is 5.57. The minimum absolute atomic E-state index is 0. The summed E-state index contributed by atoms with van der Waals surface area (Å²) in [6, 6.07) is 11.1. The highest BCUT2D eigenvalue weighted by atomic mass is 35.5. The van der Waals surface area contributed by atoms with Gasteiger partial charge in [0.15, 0.2) is 0 Å². The Morgan fingerprint density at radius 2 is 1.88 bits per heavy atom. The molecule has 2 aliphatic rings. The van der Waals surface area contributed by atoms with Crippen LogP contribution in [-0.2, 0) is 9.53 Å². The summed E-state index contributed by atoms with van der Waals surface area (Å²) in [6.07, 6.45) is 1.95. The number of nitrogens with zero attached hydrogens (tertiary/aromatic N) is 1. The van der Waals surface area contributed by atoms with Gasteiger partial charge < -0.3 is 15.4 Å². The van der Waals surface area contributed by atoms with Crippen molar-refractivity contribution < 1.29 is 9.53 Å². The maximum absolute atomic E-state index is 12.4. The van der Waals surface area contributed by atoms with Gasteiger partial charge in [0.2, 0.25) is 5.91 Å². The summed E-state index contributed by atoms with van der Waals surface area (Å²) in [5, 5.41) is 6.47. The third kappa shape index (κ3) is 5.83. The van der Waals surface area contributed by atoms with Crippen LogP contribution in [0.5, 0.6) is 0 Å². The standard InChI is InChI=1S/C19H29N3O2.2ClH/c1-14(16-6-4-3-5-7-16)22-11-8-17(9-12-22)21-19(23)18-15(2)24-13-10-20-18;;/h3-7,14-15,17-18,20H,8-13H2,1-2H3,(H,21,23);2*1H/t14?,15-,18+;;/m1../s1. The van der Waals surface area contributed by atoms with Crippen molar-refractivity contribution in [2.45, 2.75) is 50.9 Å². The van der Waals surface area contributed by atoms with Crippen LogP contribution in [0.25, 0.3) is 0 Å². The fraction of sp³-hybridized carbons (Fsp3) is 0.632. The predicted molar refractivity (Wildman–Crippen MR) is 109 cm³/mol. The molecule has 5 nitrogen and oxygen atoms in total. The van der Waals surface area contributed by atoms with Crippen LogP contribution in [0.1, 0.15) is 38.3 Å². The number of amides is 1. The average molecular weight is 404 g/mol. The first-order valence-corrected chi connectivity index (χ1v) is 9.09. The molecular weight excluding hydrogens is 373 g/mol. The second kappa shape index (κ2) is 11.1. The number of piperidine rings is 1. The smallest absolute Gasteiger partial charge is 0.240 e. The minimum Gasteiger partial charge on any atom is -0.375 e. The Morgan fingerprint density at radius 1 is 1.23 bits per heavy atom. The SMILES string of the molecule is CC(c1ccccc1)N1CCC(NC(=O)[C@H]2NCCO[C@@H]2C)CC1.Cl.Cl. The number of carbonyl (C=O) groups is 1. The number of morpholine rings is 1. The van der Waals surface area contributed by atoms with Crippen LogP contribution in [0.3, 0.4) is 0 Å². The molecule has 1 aromatic carbocycles. The van der Waals surface area contributed by atoms with Crippen LogP contribution in [0, 0.1) is 0 Å². The van der Waals surface area contributed by atoms with Gasteiger partial charge in [-0.2, -0.15) is 0 Å². The van der Waals surface area contributed by atoms with Gasteiger partial charge >= 0.3 is 0 Å². The Labute approximate surface area is 169 Å². The molecule has 2 N–H and O–H groups in total. The van der Waals surface area contributed by atoms with Gasteiger partial charge in [-0.05, 0) is 32.3 Å². The van der Waals surface area contributed by atoms with Crippen LogP contribution < -0.4 is 10.6 Å². The van der Waals surface area contributed by atoms with E-state index in [1.807, 2.05) is 6.92 Å². The van der Waals surface area contributed by atoms with Crippen molar-refractivity contribution in [1.82, 2.24) is 15.5 Å². The third-order valence-electron chi connectivity index (χ3n) is 5.30. The summed E-state index contributed by atoms with van der Waals surface area (Å²) in [5.41, 5.74) is 1.36. The molecule has 148 valence electrons. The number of carbonyl (C=O) groups excluding carboxylic acids is 1. The fourth-order valence-electron chi connectivity index (χ4n) is 3.69. The van der Waals surface area contributed by atoms with Crippen molar-refractivity contribution in [1.29, 1.82) is 0 Å². The van der Waals surface area contributed by atoms with E-state index in [-0.39, 0.29) is 48.9 Å². The quantitative estimate of drug-likeness (QED) is 0.810. The molecule has 0 radical (unpaired) electrons. The molecule has 2 heterocycles. The first kappa shape index (κ1) is 23.2. The van der Waals surface area contributed by atoms with Crippen LogP contribution in [-0.4, -0.2) is 55.2 Å². The van der Waals surface area contributed by atoms with E-state index in [2.05, 4.69) is 52.8 Å². The number of hydrogen-bond acceptors (Lipinski definition) is 4. The number of benzene rings is 1. The second-order valence-corrected chi connectivity index (χ2v) is 6.91. The summed E-state index contributed by atoms with van der Waals surface area (Å²) in [5.74, 6) is 0.0803. The zero-order valence-corrected chi connectivity index (χ0v) is 17.2. The molecular formula is C19H31Cl2N3O2. The Balaban J connectivity index is 0.00000169. The Bertz CT molecular complexity index is 539. The molecule has 1 aromatic rings. The highest BCUT2D eigenvalue weighted by Gasteiger charge is 2.31. The molecule has 0 saturated carbocycles. The van der Waals surface area contributed by atoms with Crippen molar-refractivity contribution in [3.05, 3.63) is 35.9 Å². The van der Waals surface area contributed by atoms with E-state index in [9.17, 15) is 4.79 Å². The molecule has 3 atom stereocenters. The van der Waals surface area contributed by atoms with Crippen LogP contribution in [0.15, 0.2) is 30.3 Å². The van der Waals surface area contributed by atoms with Crippen LogP contribution >= 0.6 is 24.8 Å². The molecule has 3 rings (SSSR count). The number of likely N-dealkylation sites (tertiary alicyclic amines) is 1. The Morgan fingerprint density at radius 3 is 2.50 bits per heavy atom. The van der Waals surface area contributed by atoms with Crippen molar-refractivity contribution in [3.63, 3.8) is 0 Å². The molecule has 0 aromatic heterocycles. The highest BCUT2D eigenvalue weighted by molar-refractivity contribution is 5.85. The monoisotopic (exact) mass is 403 g/mol. The first-order valence-electron chi connectivity index (χ1n) is 9.09.